The van der Waals surface area contributed by atoms with Crippen LogP contribution >= 0.6 is 39.1 Å². The zero-order valence-electron chi connectivity index (χ0n) is 11.9. The van der Waals surface area contributed by atoms with Gasteiger partial charge < -0.3 is 5.32 Å². The second kappa shape index (κ2) is 8.58. The van der Waals surface area contributed by atoms with Crippen molar-refractivity contribution < 1.29 is 8.42 Å². The lowest BCUT2D eigenvalue weighted by molar-refractivity contribution is 0.561. The Labute approximate surface area is 144 Å². The summed E-state index contributed by atoms with van der Waals surface area (Å²) in [5.41, 5.74) is 0.224. The Hall–Kier alpha value is -0.0100. The topological polar surface area (TPSA) is 58.2 Å². The first-order chi connectivity index (χ1) is 9.71. The Morgan fingerprint density at radius 2 is 1.76 bits per heavy atom. The molecule has 1 rings (SSSR count). The molecule has 1 aromatic rings. The highest BCUT2D eigenvalue weighted by Gasteiger charge is 2.15. The smallest absolute Gasteiger partial charge is 0.232 e. The number of nitrogens with one attached hydrogen (secondary N) is 2. The normalized spacial score (nSPS) is 11.9. The summed E-state index contributed by atoms with van der Waals surface area (Å²) >= 11 is 15.3. The van der Waals surface area contributed by atoms with Crippen LogP contribution in [0.4, 0.5) is 5.69 Å². The van der Waals surface area contributed by atoms with Gasteiger partial charge in [0.2, 0.25) is 10.0 Å². The van der Waals surface area contributed by atoms with Crippen LogP contribution in [0.3, 0.4) is 0 Å². The fourth-order valence-electron chi connectivity index (χ4n) is 1.65. The van der Waals surface area contributed by atoms with Gasteiger partial charge in [-0.25, -0.2) is 8.42 Å². The van der Waals surface area contributed by atoms with Crippen LogP contribution in [0.15, 0.2) is 16.6 Å². The molecule has 0 radical (unpaired) electrons. The summed E-state index contributed by atoms with van der Waals surface area (Å²) in [7, 11) is -3.46. The highest BCUT2D eigenvalue weighted by Crippen LogP contribution is 2.34. The molecule has 0 spiro atoms. The Morgan fingerprint density at radius 1 is 1.19 bits per heavy atom. The monoisotopic (exact) mass is 416 g/mol. The van der Waals surface area contributed by atoms with E-state index in [1.807, 2.05) is 0 Å². The van der Waals surface area contributed by atoms with Crippen molar-refractivity contribution in [2.75, 3.05) is 17.0 Å². The molecule has 0 bridgehead atoms. The number of hydrogen-bond donors (Lipinski definition) is 2. The molecule has 0 aromatic heterocycles. The lowest BCUT2D eigenvalue weighted by atomic mass is 10.3. The molecular weight excluding hydrogens is 399 g/mol. The summed E-state index contributed by atoms with van der Waals surface area (Å²) in [6.07, 6.45) is 1.36. The van der Waals surface area contributed by atoms with E-state index in [2.05, 4.69) is 39.8 Å². The maximum atomic E-state index is 12.0. The molecular formula is C13H19BrCl2N2O2S. The van der Waals surface area contributed by atoms with E-state index >= 15 is 0 Å². The number of unbranched alkanes of at least 4 members (excludes halogenated alkanes) is 1. The van der Waals surface area contributed by atoms with Crippen LogP contribution in [0.25, 0.3) is 0 Å². The SMILES string of the molecule is CC(C)NCCCCS(=O)(=O)Nc1c(Cl)cc(Br)cc1Cl. The van der Waals surface area contributed by atoms with Crippen LogP contribution in [-0.2, 0) is 10.0 Å². The van der Waals surface area contributed by atoms with E-state index in [9.17, 15) is 8.42 Å². The van der Waals surface area contributed by atoms with E-state index in [0.29, 0.717) is 16.9 Å². The molecule has 0 heterocycles. The number of anilines is 1. The molecule has 0 aliphatic carbocycles. The van der Waals surface area contributed by atoms with Gasteiger partial charge in [-0.2, -0.15) is 0 Å². The van der Waals surface area contributed by atoms with E-state index in [4.69, 9.17) is 23.2 Å². The number of benzene rings is 1. The van der Waals surface area contributed by atoms with Crippen molar-refractivity contribution in [2.24, 2.45) is 0 Å². The van der Waals surface area contributed by atoms with Gasteiger partial charge in [-0.3, -0.25) is 4.72 Å². The first-order valence-electron chi connectivity index (χ1n) is 6.59. The Bertz CT molecular complexity index is 557. The molecule has 4 nitrogen and oxygen atoms in total. The van der Waals surface area contributed by atoms with Crippen molar-refractivity contribution in [2.45, 2.75) is 32.7 Å². The van der Waals surface area contributed by atoms with Gasteiger partial charge in [0.15, 0.2) is 0 Å². The number of sulfonamides is 1. The van der Waals surface area contributed by atoms with Gasteiger partial charge in [-0.05, 0) is 31.5 Å². The van der Waals surface area contributed by atoms with Crippen molar-refractivity contribution in [3.63, 3.8) is 0 Å². The van der Waals surface area contributed by atoms with Crippen molar-refractivity contribution in [3.8, 4) is 0 Å². The minimum absolute atomic E-state index is 0.0372. The fourth-order valence-corrected chi connectivity index (χ4v) is 4.29. The highest BCUT2D eigenvalue weighted by atomic mass is 79.9. The molecule has 0 aliphatic heterocycles. The average molecular weight is 418 g/mol. The molecule has 0 saturated heterocycles. The van der Waals surface area contributed by atoms with Gasteiger partial charge in [-0.1, -0.05) is 53.0 Å². The summed E-state index contributed by atoms with van der Waals surface area (Å²) in [6.45, 7) is 4.90. The summed E-state index contributed by atoms with van der Waals surface area (Å²) < 4.78 is 27.2. The van der Waals surface area contributed by atoms with Crippen LogP contribution in [0.2, 0.25) is 10.0 Å². The van der Waals surface area contributed by atoms with Crippen LogP contribution in [0, 0.1) is 0 Å². The third kappa shape index (κ3) is 7.19. The van der Waals surface area contributed by atoms with Gasteiger partial charge in [0.1, 0.15) is 0 Å². The number of rotatable bonds is 8. The summed E-state index contributed by atoms with van der Waals surface area (Å²) in [4.78, 5) is 0. The zero-order valence-corrected chi connectivity index (χ0v) is 15.8. The van der Waals surface area contributed by atoms with Gasteiger partial charge in [0.05, 0.1) is 21.5 Å². The van der Waals surface area contributed by atoms with Crippen molar-refractivity contribution in [1.29, 1.82) is 0 Å². The second-order valence-corrected chi connectivity index (χ2v) is 8.55. The van der Waals surface area contributed by atoms with Gasteiger partial charge >= 0.3 is 0 Å². The predicted molar refractivity (Wildman–Crippen MR) is 93.9 cm³/mol. The van der Waals surface area contributed by atoms with Gasteiger partial charge in [0, 0.05) is 10.5 Å². The predicted octanol–water partition coefficient (Wildman–Crippen LogP) is 4.28. The summed E-state index contributed by atoms with van der Waals surface area (Å²) in [5, 5.41) is 3.77. The van der Waals surface area contributed by atoms with E-state index in [-0.39, 0.29) is 21.5 Å². The molecule has 0 atom stereocenters. The quantitative estimate of drug-likeness (QED) is 0.620. The molecule has 0 aliphatic rings. The minimum atomic E-state index is -3.46. The number of halogens is 3. The molecule has 0 unspecified atom stereocenters. The summed E-state index contributed by atoms with van der Waals surface area (Å²) in [5.74, 6) is 0.0372. The largest absolute Gasteiger partial charge is 0.315 e. The van der Waals surface area contributed by atoms with Crippen LogP contribution in [-0.4, -0.2) is 26.8 Å². The standard InChI is InChI=1S/C13H19BrCl2N2O2S/c1-9(2)17-5-3-4-6-21(19,20)18-13-11(15)7-10(14)8-12(13)16/h7-9,17-18H,3-6H2,1-2H3. The highest BCUT2D eigenvalue weighted by molar-refractivity contribution is 9.10. The summed E-state index contributed by atoms with van der Waals surface area (Å²) in [6, 6.07) is 3.59. The lowest BCUT2D eigenvalue weighted by Crippen LogP contribution is -2.24. The molecule has 8 heteroatoms. The van der Waals surface area contributed by atoms with Crippen LogP contribution in [0.1, 0.15) is 26.7 Å². The van der Waals surface area contributed by atoms with Crippen molar-refractivity contribution >= 4 is 54.8 Å². The average Bonchev–Trinajstić information content (AvgIpc) is 2.33. The minimum Gasteiger partial charge on any atom is -0.315 e. The molecule has 2 N–H and O–H groups in total. The van der Waals surface area contributed by atoms with Crippen LogP contribution in [0.5, 0.6) is 0 Å². The zero-order chi connectivity index (χ0) is 16.0. The fraction of sp³-hybridized carbons (Fsp3) is 0.538. The lowest BCUT2D eigenvalue weighted by Gasteiger charge is -2.12. The Kier molecular flexibility index (Phi) is 7.78. The number of hydrogen-bond acceptors (Lipinski definition) is 3. The van der Waals surface area contributed by atoms with Crippen LogP contribution < -0.4 is 10.0 Å². The Morgan fingerprint density at radius 3 is 2.29 bits per heavy atom. The first kappa shape index (κ1) is 19.0. The van der Waals surface area contributed by atoms with Crippen molar-refractivity contribution in [1.82, 2.24) is 5.32 Å². The maximum Gasteiger partial charge on any atom is 0.232 e. The molecule has 1 aromatic carbocycles. The van der Waals surface area contributed by atoms with Crippen molar-refractivity contribution in [3.05, 3.63) is 26.7 Å². The molecule has 0 saturated carbocycles. The molecule has 120 valence electrons. The molecule has 0 amide bonds. The van der Waals surface area contributed by atoms with E-state index in [1.165, 1.54) is 0 Å². The first-order valence-corrected chi connectivity index (χ1v) is 9.80. The molecule has 21 heavy (non-hydrogen) atoms. The van der Waals surface area contributed by atoms with Gasteiger partial charge in [-0.15, -0.1) is 0 Å². The van der Waals surface area contributed by atoms with E-state index in [1.54, 1.807) is 12.1 Å². The molecule has 0 fully saturated rings. The third-order valence-corrected chi connectivity index (χ3v) is 5.05. The maximum absolute atomic E-state index is 12.0. The third-order valence-electron chi connectivity index (χ3n) is 2.66. The Balaban J connectivity index is 2.57. The second-order valence-electron chi connectivity index (χ2n) is 4.98. The van der Waals surface area contributed by atoms with E-state index < -0.39 is 10.0 Å². The van der Waals surface area contributed by atoms with Gasteiger partial charge in [0.25, 0.3) is 0 Å². The van der Waals surface area contributed by atoms with E-state index in [0.717, 1.165) is 13.0 Å².